The van der Waals surface area contributed by atoms with Gasteiger partial charge in [0, 0.05) is 41.5 Å². The predicted molar refractivity (Wildman–Crippen MR) is 121 cm³/mol. The van der Waals surface area contributed by atoms with Crippen LogP contribution in [-0.2, 0) is 0 Å². The van der Waals surface area contributed by atoms with Crippen LogP contribution < -0.4 is 20.7 Å². The number of carbonyl (C=O) groups is 1. The van der Waals surface area contributed by atoms with Gasteiger partial charge in [-0.15, -0.1) is 0 Å². The van der Waals surface area contributed by atoms with Crippen molar-refractivity contribution in [1.82, 2.24) is 9.97 Å². The topological polar surface area (TPSA) is 114 Å². The molecular formula is C23H24FN5O3. The Bertz CT molecular complexity index is 1250. The lowest BCUT2D eigenvalue weighted by molar-refractivity contribution is 0.182. The summed E-state index contributed by atoms with van der Waals surface area (Å²) in [5.41, 5.74) is 8.54. The number of hydrogen-bond acceptors (Lipinski definition) is 6. The van der Waals surface area contributed by atoms with Gasteiger partial charge in [-0.25, -0.2) is 19.2 Å². The number of rotatable bonds is 3. The number of aromatic nitrogens is 2. The first kappa shape index (κ1) is 20.3. The van der Waals surface area contributed by atoms with Crippen LogP contribution in [0.2, 0.25) is 0 Å². The number of nitrogens with one attached hydrogen (secondary N) is 1. The van der Waals surface area contributed by atoms with Crippen molar-refractivity contribution in [1.29, 1.82) is 0 Å². The van der Waals surface area contributed by atoms with Crippen LogP contribution in [0.25, 0.3) is 21.9 Å². The molecule has 1 aromatic carbocycles. The Morgan fingerprint density at radius 2 is 2.09 bits per heavy atom. The number of benzene rings is 1. The van der Waals surface area contributed by atoms with Gasteiger partial charge >= 0.3 is 6.09 Å². The number of nitrogens with two attached hydrogens (primary N) is 1. The highest BCUT2D eigenvalue weighted by atomic mass is 19.1. The molecule has 32 heavy (non-hydrogen) atoms. The molecule has 0 spiro atoms. The molecule has 1 aliphatic carbocycles. The maximum atomic E-state index is 15.3. The van der Waals surface area contributed by atoms with E-state index in [0.717, 1.165) is 24.1 Å². The Morgan fingerprint density at radius 3 is 2.78 bits per heavy atom. The minimum absolute atomic E-state index is 0.0308. The number of hydrogen-bond donors (Lipinski definition) is 3. The van der Waals surface area contributed by atoms with E-state index in [1.54, 1.807) is 18.3 Å². The van der Waals surface area contributed by atoms with E-state index in [2.05, 4.69) is 15.3 Å². The second-order valence-corrected chi connectivity index (χ2v) is 8.44. The maximum Gasteiger partial charge on any atom is 0.413 e. The molecule has 0 radical (unpaired) electrons. The van der Waals surface area contributed by atoms with Crippen LogP contribution in [0.5, 0.6) is 5.88 Å². The second kappa shape index (κ2) is 7.51. The quantitative estimate of drug-likeness (QED) is 0.520. The zero-order valence-corrected chi connectivity index (χ0v) is 17.9. The van der Waals surface area contributed by atoms with Gasteiger partial charge in [0.05, 0.1) is 5.69 Å². The van der Waals surface area contributed by atoms with Gasteiger partial charge in [-0.1, -0.05) is 6.92 Å². The second-order valence-electron chi connectivity index (χ2n) is 8.44. The summed E-state index contributed by atoms with van der Waals surface area (Å²) < 4.78 is 20.9. The average molecular weight is 437 g/mol. The van der Waals surface area contributed by atoms with Gasteiger partial charge in [0.15, 0.2) is 5.82 Å². The van der Waals surface area contributed by atoms with Crippen molar-refractivity contribution in [2.45, 2.75) is 32.7 Å². The normalized spacial score (nSPS) is 19.5. The number of halogens is 1. The number of nitrogens with zero attached hydrogens (tertiary/aromatic N) is 3. The molecule has 0 bridgehead atoms. The van der Waals surface area contributed by atoms with E-state index in [9.17, 15) is 9.90 Å². The molecule has 3 aromatic rings. The molecule has 1 amide bonds. The van der Waals surface area contributed by atoms with Gasteiger partial charge in [-0.3, -0.25) is 4.90 Å². The molecule has 5 rings (SSSR count). The summed E-state index contributed by atoms with van der Waals surface area (Å²) >= 11 is 0. The van der Waals surface area contributed by atoms with E-state index in [1.165, 1.54) is 11.1 Å². The molecule has 1 saturated carbocycles. The Kier molecular flexibility index (Phi) is 4.76. The van der Waals surface area contributed by atoms with Crippen LogP contribution in [0.1, 0.15) is 25.3 Å². The van der Waals surface area contributed by atoms with Crippen LogP contribution in [0.4, 0.5) is 26.4 Å². The summed E-state index contributed by atoms with van der Waals surface area (Å²) in [7, 11) is 0. The Morgan fingerprint density at radius 1 is 1.28 bits per heavy atom. The maximum absolute atomic E-state index is 15.3. The molecule has 2 aliphatic rings. The van der Waals surface area contributed by atoms with E-state index >= 15 is 4.39 Å². The monoisotopic (exact) mass is 437 g/mol. The molecule has 3 heterocycles. The van der Waals surface area contributed by atoms with Gasteiger partial charge < -0.3 is 20.9 Å². The van der Waals surface area contributed by atoms with Crippen LogP contribution in [0, 0.1) is 18.7 Å². The molecule has 2 unspecified atom stereocenters. The molecule has 4 N–H and O–H groups in total. The number of anilines is 3. The first-order chi connectivity index (χ1) is 15.4. The smallest absolute Gasteiger partial charge is 0.413 e. The first-order valence-corrected chi connectivity index (χ1v) is 10.6. The molecular weight excluding hydrogens is 413 g/mol. The van der Waals surface area contributed by atoms with Crippen LogP contribution in [0.3, 0.4) is 0 Å². The molecule has 9 heteroatoms. The van der Waals surface area contributed by atoms with Crippen molar-refractivity contribution in [3.05, 3.63) is 35.9 Å². The first-order valence-electron chi connectivity index (χ1n) is 10.6. The molecule has 0 saturated heterocycles. The SMILES string of the molecule is Cc1c(-c2cc3cc(N(C(=O)O)C4CCC4C)ncc3c(N)c2F)cnc2c1NCCO2. The van der Waals surface area contributed by atoms with E-state index in [0.29, 0.717) is 46.7 Å². The van der Waals surface area contributed by atoms with Crippen LogP contribution >= 0.6 is 0 Å². The van der Waals surface area contributed by atoms with E-state index in [1.807, 2.05) is 13.8 Å². The summed E-state index contributed by atoms with van der Waals surface area (Å²) in [6.07, 6.45) is 3.74. The summed E-state index contributed by atoms with van der Waals surface area (Å²) in [5, 5.41) is 14.1. The van der Waals surface area contributed by atoms with Crippen molar-refractivity contribution in [3.63, 3.8) is 0 Å². The van der Waals surface area contributed by atoms with Gasteiger partial charge in [-0.05, 0) is 48.8 Å². The molecule has 8 nitrogen and oxygen atoms in total. The number of amides is 1. The fraction of sp³-hybridized carbons (Fsp3) is 0.348. The van der Waals surface area contributed by atoms with E-state index < -0.39 is 11.9 Å². The lowest BCUT2D eigenvalue weighted by Gasteiger charge is -2.40. The van der Waals surface area contributed by atoms with Crippen LogP contribution in [-0.4, -0.2) is 40.4 Å². The third kappa shape index (κ3) is 3.07. The molecule has 1 fully saturated rings. The summed E-state index contributed by atoms with van der Waals surface area (Å²) in [4.78, 5) is 21.9. The van der Waals surface area contributed by atoms with Crippen LogP contribution in [0.15, 0.2) is 24.5 Å². The van der Waals surface area contributed by atoms with Gasteiger partial charge in [0.25, 0.3) is 0 Å². The fourth-order valence-corrected chi connectivity index (χ4v) is 4.55. The highest BCUT2D eigenvalue weighted by molar-refractivity contribution is 5.99. The standard InChI is InChI=1S/C23H24FN5O3/c1-11-3-4-17(11)29(23(30)31)18-8-13-7-14(19(24)20(25)16(13)10-27-18)15-9-28-22-21(12(15)2)26-5-6-32-22/h7-11,17,26H,3-6,25H2,1-2H3,(H,30,31). The zero-order chi connectivity index (χ0) is 22.6. The highest BCUT2D eigenvalue weighted by Crippen LogP contribution is 2.40. The summed E-state index contributed by atoms with van der Waals surface area (Å²) in [5.74, 6) is 0.506. The Balaban J connectivity index is 1.65. The van der Waals surface area contributed by atoms with Gasteiger partial charge in [0.2, 0.25) is 5.88 Å². The minimum Gasteiger partial charge on any atom is -0.474 e. The lowest BCUT2D eigenvalue weighted by atomic mass is 9.80. The lowest BCUT2D eigenvalue weighted by Crippen LogP contribution is -2.49. The molecule has 2 aromatic heterocycles. The Hall–Kier alpha value is -3.62. The van der Waals surface area contributed by atoms with Gasteiger partial charge in [-0.2, -0.15) is 0 Å². The van der Waals surface area contributed by atoms with Crippen molar-refractivity contribution < 1.29 is 19.0 Å². The molecule has 166 valence electrons. The zero-order valence-electron chi connectivity index (χ0n) is 17.9. The number of pyridine rings is 2. The highest BCUT2D eigenvalue weighted by Gasteiger charge is 2.37. The predicted octanol–water partition coefficient (Wildman–Crippen LogP) is 4.41. The molecule has 2 atom stereocenters. The minimum atomic E-state index is -1.05. The largest absolute Gasteiger partial charge is 0.474 e. The number of nitrogen functional groups attached to an aromatic ring is 1. The number of ether oxygens (including phenoxy) is 1. The van der Waals surface area contributed by atoms with E-state index in [-0.39, 0.29) is 17.6 Å². The Labute approximate surface area is 184 Å². The van der Waals surface area contributed by atoms with Crippen molar-refractivity contribution in [2.24, 2.45) is 5.92 Å². The molecule has 1 aliphatic heterocycles. The summed E-state index contributed by atoms with van der Waals surface area (Å²) in [6.45, 7) is 5.06. The number of fused-ring (bicyclic) bond motifs is 2. The van der Waals surface area contributed by atoms with Crippen molar-refractivity contribution in [3.8, 4) is 17.0 Å². The van der Waals surface area contributed by atoms with Crippen molar-refractivity contribution in [2.75, 3.05) is 29.1 Å². The summed E-state index contributed by atoms with van der Waals surface area (Å²) in [6, 6.07) is 3.22. The number of carboxylic acid groups (broad SMARTS) is 1. The third-order valence-electron chi connectivity index (χ3n) is 6.58. The van der Waals surface area contributed by atoms with Crippen molar-refractivity contribution >= 4 is 34.1 Å². The average Bonchev–Trinajstić information content (AvgIpc) is 2.79. The van der Waals surface area contributed by atoms with Gasteiger partial charge in [0.1, 0.15) is 18.1 Å². The van der Waals surface area contributed by atoms with E-state index in [4.69, 9.17) is 10.5 Å². The fourth-order valence-electron chi connectivity index (χ4n) is 4.55. The third-order valence-corrected chi connectivity index (χ3v) is 6.58.